The van der Waals surface area contributed by atoms with Crippen molar-refractivity contribution in [2.75, 3.05) is 17.2 Å². The highest BCUT2D eigenvalue weighted by molar-refractivity contribution is 7.99. The molecule has 1 aliphatic carbocycles. The van der Waals surface area contributed by atoms with Crippen molar-refractivity contribution < 1.29 is 9.59 Å². The van der Waals surface area contributed by atoms with E-state index in [0.717, 1.165) is 29.5 Å². The number of imidazole rings is 1. The third kappa shape index (κ3) is 3.75. The normalized spacial score (nSPS) is 17.6. The topological polar surface area (TPSA) is 55.2 Å². The second-order valence-electron chi connectivity index (χ2n) is 7.78. The van der Waals surface area contributed by atoms with E-state index in [9.17, 15) is 9.59 Å². The lowest BCUT2D eigenvalue weighted by atomic mass is 10.1. The summed E-state index contributed by atoms with van der Waals surface area (Å²) in [7, 11) is 0. The van der Waals surface area contributed by atoms with Gasteiger partial charge in [-0.2, -0.15) is 0 Å². The maximum Gasteiger partial charge on any atom is 0.227 e. The highest BCUT2D eigenvalue weighted by Crippen LogP contribution is 2.35. The summed E-state index contributed by atoms with van der Waals surface area (Å²) in [5, 5.41) is 0.959. The number of Topliss-reactive ketones (excluding diaryl/α,β-unsaturated/α-hetero) is 1. The van der Waals surface area contributed by atoms with Gasteiger partial charge in [-0.05, 0) is 45.2 Å². The van der Waals surface area contributed by atoms with E-state index < -0.39 is 0 Å². The summed E-state index contributed by atoms with van der Waals surface area (Å²) in [6.45, 7) is 4.91. The number of rotatable bonds is 6. The van der Waals surface area contributed by atoms with E-state index in [4.69, 9.17) is 4.98 Å². The van der Waals surface area contributed by atoms with Gasteiger partial charge in [0.15, 0.2) is 10.9 Å². The summed E-state index contributed by atoms with van der Waals surface area (Å²) in [5.41, 5.74) is 3.77. The number of aromatic nitrogens is 2. The number of carbonyl (C=O) groups excluding carboxylic acids is 2. The van der Waals surface area contributed by atoms with E-state index >= 15 is 0 Å². The van der Waals surface area contributed by atoms with Crippen LogP contribution in [0.15, 0.2) is 29.4 Å². The predicted octanol–water partition coefficient (Wildman–Crippen LogP) is 4.72. The van der Waals surface area contributed by atoms with Crippen LogP contribution in [-0.2, 0) is 4.79 Å². The van der Waals surface area contributed by atoms with Gasteiger partial charge in [0, 0.05) is 36.0 Å². The summed E-state index contributed by atoms with van der Waals surface area (Å²) in [4.78, 5) is 31.3. The molecule has 2 aromatic rings. The minimum Gasteiger partial charge on any atom is -0.320 e. The number of ketones is 1. The standard InChI is InChI=1S/C22H27N3O2S/c1-15-16(2)25(18-8-3-4-9-18)22(23-15)28-14-20(26)17-7-5-10-19(13-17)24-12-6-11-21(24)27/h5,7,10,13,18H,3-4,6,8-9,11-12,14H2,1-2H3. The number of amides is 1. The van der Waals surface area contributed by atoms with Gasteiger partial charge in [-0.3, -0.25) is 9.59 Å². The number of carbonyl (C=O) groups is 2. The average molecular weight is 398 g/mol. The van der Waals surface area contributed by atoms with Crippen LogP contribution in [0.2, 0.25) is 0 Å². The first-order valence-electron chi connectivity index (χ1n) is 10.2. The van der Waals surface area contributed by atoms with E-state index in [2.05, 4.69) is 11.5 Å². The molecule has 1 aromatic carbocycles. The third-order valence-electron chi connectivity index (χ3n) is 5.93. The summed E-state index contributed by atoms with van der Waals surface area (Å²) in [6, 6.07) is 7.99. The zero-order valence-electron chi connectivity index (χ0n) is 16.6. The SMILES string of the molecule is Cc1nc(SCC(=O)c2cccc(N3CCCC3=O)c2)n(C2CCCC2)c1C. The zero-order valence-corrected chi connectivity index (χ0v) is 17.4. The molecule has 0 spiro atoms. The van der Waals surface area contributed by atoms with Gasteiger partial charge < -0.3 is 9.47 Å². The lowest BCUT2D eigenvalue weighted by Crippen LogP contribution is -2.23. The molecule has 1 aromatic heterocycles. The fraction of sp³-hybridized carbons (Fsp3) is 0.500. The molecule has 0 atom stereocenters. The minimum atomic E-state index is 0.0785. The van der Waals surface area contributed by atoms with Crippen molar-refractivity contribution in [1.29, 1.82) is 0 Å². The first-order valence-corrected chi connectivity index (χ1v) is 11.1. The Kier molecular flexibility index (Phi) is 5.58. The van der Waals surface area contributed by atoms with Gasteiger partial charge in [-0.1, -0.05) is 36.7 Å². The van der Waals surface area contributed by atoms with E-state index in [-0.39, 0.29) is 11.7 Å². The van der Waals surface area contributed by atoms with E-state index in [1.165, 1.54) is 43.1 Å². The van der Waals surface area contributed by atoms with E-state index in [1.54, 1.807) is 4.90 Å². The molecule has 0 radical (unpaired) electrons. The van der Waals surface area contributed by atoms with Crippen molar-refractivity contribution in [3.05, 3.63) is 41.2 Å². The van der Waals surface area contributed by atoms with Crippen LogP contribution in [0, 0.1) is 13.8 Å². The van der Waals surface area contributed by atoms with Gasteiger partial charge in [0.05, 0.1) is 11.4 Å². The molecule has 2 aliphatic rings. The van der Waals surface area contributed by atoms with Crippen LogP contribution in [0.25, 0.3) is 0 Å². The number of nitrogens with zero attached hydrogens (tertiary/aromatic N) is 3. The molecule has 5 nitrogen and oxygen atoms in total. The van der Waals surface area contributed by atoms with E-state index in [0.29, 0.717) is 23.8 Å². The van der Waals surface area contributed by atoms with Crippen LogP contribution < -0.4 is 4.90 Å². The molecule has 6 heteroatoms. The van der Waals surface area contributed by atoms with Crippen molar-refractivity contribution in [1.82, 2.24) is 9.55 Å². The summed E-state index contributed by atoms with van der Waals surface area (Å²) < 4.78 is 2.35. The van der Waals surface area contributed by atoms with Gasteiger partial charge in [0.1, 0.15) is 0 Å². The van der Waals surface area contributed by atoms with Crippen molar-refractivity contribution in [3.8, 4) is 0 Å². The molecule has 4 rings (SSSR count). The second kappa shape index (κ2) is 8.11. The Morgan fingerprint density at radius 3 is 2.71 bits per heavy atom. The molecular weight excluding hydrogens is 370 g/mol. The molecule has 1 saturated heterocycles. The molecule has 1 amide bonds. The molecule has 28 heavy (non-hydrogen) atoms. The molecule has 0 bridgehead atoms. The van der Waals surface area contributed by atoms with Gasteiger partial charge in [0.25, 0.3) is 0 Å². The molecule has 1 saturated carbocycles. The molecule has 1 aliphatic heterocycles. The largest absolute Gasteiger partial charge is 0.320 e. The fourth-order valence-corrected chi connectivity index (χ4v) is 5.33. The highest BCUT2D eigenvalue weighted by Gasteiger charge is 2.24. The smallest absolute Gasteiger partial charge is 0.227 e. The second-order valence-corrected chi connectivity index (χ2v) is 8.73. The van der Waals surface area contributed by atoms with Crippen LogP contribution in [0.4, 0.5) is 5.69 Å². The van der Waals surface area contributed by atoms with Crippen molar-refractivity contribution in [2.24, 2.45) is 0 Å². The van der Waals surface area contributed by atoms with E-state index in [1.807, 2.05) is 31.2 Å². The fourth-order valence-electron chi connectivity index (χ4n) is 4.27. The van der Waals surface area contributed by atoms with Crippen LogP contribution in [0.5, 0.6) is 0 Å². The maximum atomic E-state index is 12.8. The molecule has 0 N–H and O–H groups in total. The Bertz CT molecular complexity index is 899. The number of benzene rings is 1. The molecule has 148 valence electrons. The van der Waals surface area contributed by atoms with Gasteiger partial charge in [-0.25, -0.2) is 4.98 Å². The number of hydrogen-bond donors (Lipinski definition) is 0. The summed E-state index contributed by atoms with van der Waals surface area (Å²) in [6.07, 6.45) is 6.42. The first kappa shape index (κ1) is 19.2. The third-order valence-corrected chi connectivity index (χ3v) is 6.88. The van der Waals surface area contributed by atoms with Crippen LogP contribution >= 0.6 is 11.8 Å². The zero-order chi connectivity index (χ0) is 19.7. The lowest BCUT2D eigenvalue weighted by Gasteiger charge is -2.17. The van der Waals surface area contributed by atoms with Gasteiger partial charge in [0.2, 0.25) is 5.91 Å². The maximum absolute atomic E-state index is 12.8. The molecule has 0 unspecified atom stereocenters. The minimum absolute atomic E-state index is 0.0785. The molecule has 2 heterocycles. The van der Waals surface area contributed by atoms with Crippen molar-refractivity contribution in [2.45, 2.75) is 63.6 Å². The average Bonchev–Trinajstić information content (AvgIpc) is 3.42. The predicted molar refractivity (Wildman–Crippen MR) is 112 cm³/mol. The van der Waals surface area contributed by atoms with Crippen LogP contribution in [0.1, 0.15) is 66.3 Å². The lowest BCUT2D eigenvalue weighted by molar-refractivity contribution is -0.117. The van der Waals surface area contributed by atoms with Gasteiger partial charge >= 0.3 is 0 Å². The van der Waals surface area contributed by atoms with Crippen molar-refractivity contribution >= 4 is 29.1 Å². The van der Waals surface area contributed by atoms with Crippen molar-refractivity contribution in [3.63, 3.8) is 0 Å². The number of thioether (sulfide) groups is 1. The number of anilines is 1. The monoisotopic (exact) mass is 397 g/mol. The van der Waals surface area contributed by atoms with Crippen LogP contribution in [0.3, 0.4) is 0 Å². The Hall–Kier alpha value is -2.08. The molecular formula is C22H27N3O2S. The highest BCUT2D eigenvalue weighted by atomic mass is 32.2. The van der Waals surface area contributed by atoms with Gasteiger partial charge in [-0.15, -0.1) is 0 Å². The summed E-state index contributed by atoms with van der Waals surface area (Å²) in [5.74, 6) is 0.582. The number of aryl methyl sites for hydroxylation is 1. The molecule has 2 fully saturated rings. The Morgan fingerprint density at radius 2 is 2.00 bits per heavy atom. The quantitative estimate of drug-likeness (QED) is 0.523. The Labute approximate surface area is 170 Å². The Balaban J connectivity index is 1.48. The first-order chi connectivity index (χ1) is 13.5. The Morgan fingerprint density at radius 1 is 1.21 bits per heavy atom. The van der Waals surface area contributed by atoms with Crippen LogP contribution in [-0.4, -0.2) is 33.5 Å². The summed E-state index contributed by atoms with van der Waals surface area (Å²) >= 11 is 1.53. The number of hydrogen-bond acceptors (Lipinski definition) is 4.